The third kappa shape index (κ3) is 8.57. The minimum absolute atomic E-state index is 0.120. The van der Waals surface area contributed by atoms with Crippen LogP contribution in [0.2, 0.25) is 0 Å². The van der Waals surface area contributed by atoms with Gasteiger partial charge in [-0.1, -0.05) is 35.5 Å². The molecule has 2 aliphatic rings. The Bertz CT molecular complexity index is 2040. The van der Waals surface area contributed by atoms with Crippen LogP contribution in [0, 0.1) is 0 Å². The van der Waals surface area contributed by atoms with Crippen molar-refractivity contribution in [1.82, 2.24) is 29.9 Å². The van der Waals surface area contributed by atoms with Gasteiger partial charge < -0.3 is 38.1 Å². The van der Waals surface area contributed by atoms with Gasteiger partial charge in [-0.25, -0.2) is 14.5 Å². The monoisotopic (exact) mass is 766 g/mol. The topological polar surface area (TPSA) is 210 Å². The molecule has 1 amide bonds. The van der Waals surface area contributed by atoms with E-state index in [9.17, 15) is 24.0 Å². The maximum atomic E-state index is 12.5. The molecule has 1 fully saturated rings. The van der Waals surface area contributed by atoms with Crippen LogP contribution in [0.15, 0.2) is 36.5 Å². The van der Waals surface area contributed by atoms with E-state index in [1.54, 1.807) is 11.8 Å². The van der Waals surface area contributed by atoms with Crippen LogP contribution in [0.3, 0.4) is 0 Å². The number of aromatic nitrogens is 5. The molecule has 0 bridgehead atoms. The molecule has 4 aromatic rings. The Morgan fingerprint density at radius 2 is 1.59 bits per heavy atom. The fraction of sp³-hybridized carbons (Fsp3) is 0.457. The highest BCUT2D eigenvalue weighted by atomic mass is 32.1. The second-order valence-corrected chi connectivity index (χ2v) is 13.4. The van der Waals surface area contributed by atoms with Crippen LogP contribution >= 0.6 is 11.3 Å². The van der Waals surface area contributed by atoms with E-state index in [1.807, 2.05) is 30.3 Å². The lowest BCUT2D eigenvalue weighted by molar-refractivity contribution is -0.270. The molecule has 0 saturated carbocycles. The van der Waals surface area contributed by atoms with Gasteiger partial charge in [-0.05, 0) is 18.9 Å². The largest absolute Gasteiger partial charge is 0.470 e. The summed E-state index contributed by atoms with van der Waals surface area (Å²) in [6.45, 7) is 6.95. The molecule has 2 aliphatic heterocycles. The second kappa shape index (κ2) is 16.5. The minimum Gasteiger partial charge on any atom is -0.470 e. The van der Waals surface area contributed by atoms with Crippen LogP contribution in [0.5, 0.6) is 5.88 Å². The Kier molecular flexibility index (Phi) is 11.7. The van der Waals surface area contributed by atoms with Gasteiger partial charge >= 0.3 is 30.0 Å². The number of thiophene rings is 1. The molecular weight excluding hydrogens is 728 g/mol. The lowest BCUT2D eigenvalue weighted by atomic mass is 9.97. The SMILES string of the molecule is CCOC(=O)N1CCc2c(sc3nc(-c4ccccc4)nc(OCc4cn(C5OC(COC(C)=O)[C@H](OC(C)=O)[C@H](OC(C)=O)[C@@H]5OC(C)=O)nn4)c23)C1. The number of hydrogen-bond acceptors (Lipinski definition) is 17. The molecule has 54 heavy (non-hydrogen) atoms. The predicted molar refractivity (Wildman–Crippen MR) is 186 cm³/mol. The van der Waals surface area contributed by atoms with E-state index in [-0.39, 0.29) is 19.3 Å². The standard InChI is InChI=1S/C35H38N6O12S/c1-6-47-35(46)40-13-12-24-26(15-40)54-33-27(24)32(36-31(37-33)22-10-8-7-9-11-22)49-16-23-14-41(39-38-23)34-30(52-21(5)45)29(51-20(4)44)28(50-19(3)43)25(53-34)17-48-18(2)42/h7-11,14,25,28-30,34H,6,12-13,15-17H2,1-5H3/t25?,28-,29-,30-,34?/m0/s1. The average molecular weight is 767 g/mol. The smallest absolute Gasteiger partial charge is 0.410 e. The van der Waals surface area contributed by atoms with Crippen molar-refractivity contribution in [1.29, 1.82) is 0 Å². The first-order valence-electron chi connectivity index (χ1n) is 17.0. The zero-order valence-corrected chi connectivity index (χ0v) is 30.9. The molecule has 6 rings (SSSR count). The Hall–Kier alpha value is -5.69. The Morgan fingerprint density at radius 3 is 2.28 bits per heavy atom. The summed E-state index contributed by atoms with van der Waals surface area (Å²) >= 11 is 1.46. The highest BCUT2D eigenvalue weighted by Gasteiger charge is 2.53. The van der Waals surface area contributed by atoms with E-state index in [1.165, 1.54) is 29.1 Å². The fourth-order valence-electron chi connectivity index (χ4n) is 6.22. The number of carbonyl (C=O) groups is 5. The Balaban J connectivity index is 1.32. The van der Waals surface area contributed by atoms with Crippen LogP contribution < -0.4 is 4.74 Å². The van der Waals surface area contributed by atoms with Gasteiger partial charge in [0.25, 0.3) is 0 Å². The number of ether oxygens (including phenoxy) is 7. The van der Waals surface area contributed by atoms with Gasteiger partial charge in [-0.15, -0.1) is 16.4 Å². The van der Waals surface area contributed by atoms with Crippen molar-refractivity contribution in [2.75, 3.05) is 19.8 Å². The van der Waals surface area contributed by atoms with Gasteiger partial charge in [0, 0.05) is 44.7 Å². The quantitative estimate of drug-likeness (QED) is 0.158. The molecule has 2 unspecified atom stereocenters. The van der Waals surface area contributed by atoms with Crippen molar-refractivity contribution in [2.24, 2.45) is 0 Å². The Morgan fingerprint density at radius 1 is 0.889 bits per heavy atom. The molecule has 3 aromatic heterocycles. The fourth-order valence-corrected chi connectivity index (χ4v) is 7.44. The summed E-state index contributed by atoms with van der Waals surface area (Å²) in [4.78, 5) is 73.9. The molecule has 0 spiro atoms. The summed E-state index contributed by atoms with van der Waals surface area (Å²) in [5.74, 6) is -2.14. The molecule has 19 heteroatoms. The number of hydrogen-bond donors (Lipinski definition) is 0. The van der Waals surface area contributed by atoms with E-state index in [4.69, 9.17) is 43.1 Å². The molecular formula is C35H38N6O12S. The summed E-state index contributed by atoms with van der Waals surface area (Å²) in [5, 5.41) is 9.17. The number of benzene rings is 1. The molecule has 0 aliphatic carbocycles. The van der Waals surface area contributed by atoms with Crippen molar-refractivity contribution >= 4 is 51.5 Å². The first-order chi connectivity index (χ1) is 25.9. The second-order valence-electron chi connectivity index (χ2n) is 12.3. The van der Waals surface area contributed by atoms with Crippen molar-refractivity contribution in [2.45, 2.75) is 84.8 Å². The van der Waals surface area contributed by atoms with E-state index < -0.39 is 61.1 Å². The van der Waals surface area contributed by atoms with Gasteiger partial charge in [0.2, 0.25) is 5.88 Å². The van der Waals surface area contributed by atoms with Crippen molar-refractivity contribution < 1.29 is 57.1 Å². The van der Waals surface area contributed by atoms with E-state index in [0.717, 1.165) is 42.2 Å². The molecule has 1 saturated heterocycles. The minimum atomic E-state index is -1.38. The van der Waals surface area contributed by atoms with Crippen molar-refractivity contribution in [3.63, 3.8) is 0 Å². The summed E-state index contributed by atoms with van der Waals surface area (Å²) in [5.41, 5.74) is 2.07. The number of carbonyl (C=O) groups excluding carboxylic acids is 5. The van der Waals surface area contributed by atoms with E-state index >= 15 is 0 Å². The van der Waals surface area contributed by atoms with Crippen molar-refractivity contribution in [3.05, 3.63) is 52.7 Å². The zero-order valence-electron chi connectivity index (χ0n) is 30.1. The zero-order chi connectivity index (χ0) is 38.5. The highest BCUT2D eigenvalue weighted by Crippen LogP contribution is 2.40. The summed E-state index contributed by atoms with van der Waals surface area (Å²) in [6, 6.07) is 9.43. The van der Waals surface area contributed by atoms with Gasteiger partial charge in [-0.2, -0.15) is 4.98 Å². The molecule has 0 radical (unpaired) electrons. The molecule has 286 valence electrons. The third-order valence-corrected chi connectivity index (χ3v) is 9.48. The summed E-state index contributed by atoms with van der Waals surface area (Å²) in [7, 11) is 0. The molecule has 5 heterocycles. The maximum absolute atomic E-state index is 12.5. The lowest BCUT2D eigenvalue weighted by Gasteiger charge is -2.44. The molecule has 5 atom stereocenters. The van der Waals surface area contributed by atoms with Gasteiger partial charge in [-0.3, -0.25) is 19.2 Å². The number of nitrogens with zero attached hydrogens (tertiary/aromatic N) is 6. The molecule has 1 aromatic carbocycles. The molecule has 18 nitrogen and oxygen atoms in total. The summed E-state index contributed by atoms with van der Waals surface area (Å²) in [6.07, 6.45) is -4.89. The lowest BCUT2D eigenvalue weighted by Crippen LogP contribution is -2.60. The molecule has 0 N–H and O–H groups in total. The number of rotatable bonds is 11. The maximum Gasteiger partial charge on any atom is 0.410 e. The normalized spacial score (nSPS) is 20.8. The highest BCUT2D eigenvalue weighted by molar-refractivity contribution is 7.18. The van der Waals surface area contributed by atoms with E-state index in [2.05, 4.69) is 10.3 Å². The summed E-state index contributed by atoms with van der Waals surface area (Å²) < 4.78 is 40.7. The van der Waals surface area contributed by atoms with Crippen LogP contribution in [0.25, 0.3) is 21.6 Å². The number of esters is 4. The first kappa shape index (κ1) is 38.0. The predicted octanol–water partition coefficient (Wildman–Crippen LogP) is 3.30. The van der Waals surface area contributed by atoms with E-state index in [0.29, 0.717) is 41.7 Å². The first-order valence-corrected chi connectivity index (χ1v) is 17.9. The third-order valence-electron chi connectivity index (χ3n) is 8.37. The Labute approximate surface area is 312 Å². The van der Waals surface area contributed by atoms with Crippen LogP contribution in [0.1, 0.15) is 57.0 Å². The van der Waals surface area contributed by atoms with Gasteiger partial charge in [0.1, 0.15) is 29.8 Å². The van der Waals surface area contributed by atoms with Crippen molar-refractivity contribution in [3.8, 4) is 17.3 Å². The number of fused-ring (bicyclic) bond motifs is 3. The van der Waals surface area contributed by atoms with Crippen LogP contribution in [-0.4, -0.2) is 104 Å². The average Bonchev–Trinajstić information content (AvgIpc) is 3.75. The van der Waals surface area contributed by atoms with Crippen LogP contribution in [0.4, 0.5) is 4.79 Å². The van der Waals surface area contributed by atoms with Gasteiger partial charge in [0.05, 0.1) is 24.7 Å². The van der Waals surface area contributed by atoms with Crippen LogP contribution in [-0.2, 0) is 67.2 Å². The van der Waals surface area contributed by atoms with Gasteiger partial charge in [0.15, 0.2) is 30.4 Å². The number of amides is 1.